The van der Waals surface area contributed by atoms with Crippen LogP contribution in [0.25, 0.3) is 6.08 Å². The zero-order chi connectivity index (χ0) is 24.1. The van der Waals surface area contributed by atoms with Crippen LogP contribution in [0, 0.1) is 17.0 Å². The van der Waals surface area contributed by atoms with Gasteiger partial charge in [-0.2, -0.15) is 0 Å². The summed E-state index contributed by atoms with van der Waals surface area (Å²) in [7, 11) is 2.11. The second-order valence-corrected chi connectivity index (χ2v) is 9.55. The van der Waals surface area contributed by atoms with Crippen molar-refractivity contribution in [2.45, 2.75) is 52.1 Å². The van der Waals surface area contributed by atoms with E-state index in [0.717, 1.165) is 22.4 Å². The molecule has 0 aromatic heterocycles. The van der Waals surface area contributed by atoms with Gasteiger partial charge in [-0.15, -0.1) is 0 Å². The highest BCUT2D eigenvalue weighted by Gasteiger charge is 2.36. The summed E-state index contributed by atoms with van der Waals surface area (Å²) >= 11 is 0. The molecule has 0 aliphatic carbocycles. The summed E-state index contributed by atoms with van der Waals surface area (Å²) in [5.74, 6) is -0.0433. The first-order valence-electron chi connectivity index (χ1n) is 10.9. The number of nitrogens with zero attached hydrogens (tertiary/aromatic N) is 3. The van der Waals surface area contributed by atoms with E-state index in [4.69, 9.17) is 0 Å². The lowest BCUT2D eigenvalue weighted by Crippen LogP contribution is -2.45. The van der Waals surface area contributed by atoms with E-state index >= 15 is 0 Å². The predicted molar refractivity (Wildman–Crippen MR) is 127 cm³/mol. The third kappa shape index (κ3) is 4.08. The quantitative estimate of drug-likeness (QED) is 0.316. The van der Waals surface area contributed by atoms with Gasteiger partial charge < -0.3 is 10.2 Å². The number of amides is 3. The molecule has 1 fully saturated rings. The van der Waals surface area contributed by atoms with Gasteiger partial charge in [0.15, 0.2) is 0 Å². The van der Waals surface area contributed by atoms with Crippen molar-refractivity contribution in [3.05, 3.63) is 74.5 Å². The normalized spacial score (nSPS) is 20.8. The van der Waals surface area contributed by atoms with E-state index in [1.54, 1.807) is 18.2 Å². The Kier molecular flexibility index (Phi) is 5.47. The van der Waals surface area contributed by atoms with Gasteiger partial charge in [-0.25, -0.2) is 4.79 Å². The number of hydrogen-bond donors (Lipinski definition) is 1. The number of urea groups is 1. The van der Waals surface area contributed by atoms with E-state index in [0.29, 0.717) is 11.5 Å². The molecular formula is C25H28N4O4. The van der Waals surface area contributed by atoms with Gasteiger partial charge in [0.2, 0.25) is 0 Å². The van der Waals surface area contributed by atoms with Gasteiger partial charge >= 0.3 is 6.03 Å². The van der Waals surface area contributed by atoms with Crippen molar-refractivity contribution in [1.29, 1.82) is 0 Å². The lowest BCUT2D eigenvalue weighted by molar-refractivity contribution is -0.384. The summed E-state index contributed by atoms with van der Waals surface area (Å²) in [6, 6.07) is 9.58. The maximum absolute atomic E-state index is 13.0. The largest absolute Gasteiger partial charge is 0.369 e. The molecule has 0 spiro atoms. The van der Waals surface area contributed by atoms with Gasteiger partial charge in [0.25, 0.3) is 11.6 Å². The molecule has 8 heteroatoms. The van der Waals surface area contributed by atoms with E-state index in [2.05, 4.69) is 50.2 Å². The van der Waals surface area contributed by atoms with Crippen LogP contribution in [0.5, 0.6) is 0 Å². The fraction of sp³-hybridized carbons (Fsp3) is 0.360. The molecule has 2 aliphatic rings. The maximum atomic E-state index is 13.0. The Labute approximate surface area is 193 Å². The van der Waals surface area contributed by atoms with E-state index in [1.165, 1.54) is 23.4 Å². The van der Waals surface area contributed by atoms with Crippen LogP contribution < -0.4 is 10.2 Å². The highest BCUT2D eigenvalue weighted by atomic mass is 16.6. The molecule has 1 unspecified atom stereocenters. The molecule has 33 heavy (non-hydrogen) atoms. The van der Waals surface area contributed by atoms with Crippen LogP contribution in [0.2, 0.25) is 0 Å². The van der Waals surface area contributed by atoms with Crippen LogP contribution in [-0.2, 0) is 11.3 Å². The summed E-state index contributed by atoms with van der Waals surface area (Å²) in [6.07, 6.45) is 2.76. The monoisotopic (exact) mass is 448 g/mol. The number of carbonyl (C=O) groups excluding carboxylic acids is 2. The fourth-order valence-corrected chi connectivity index (χ4v) is 4.67. The Morgan fingerprint density at radius 3 is 2.52 bits per heavy atom. The third-order valence-corrected chi connectivity index (χ3v) is 6.77. The highest BCUT2D eigenvalue weighted by Crippen LogP contribution is 2.43. The number of anilines is 1. The standard InChI is InChI=1S/C25H28N4O4/c1-15-10-22-20(16(2)13-25(3,4)27(22)5)11-18(15)12-21-23(30)28(24(31)26-21)14-17-6-8-19(9-7-17)29(32)33/h6-12,16H,13-14H2,1-5H3,(H,26,31)/b21-12+. The number of rotatable bonds is 4. The summed E-state index contributed by atoms with van der Waals surface area (Å²) in [5.41, 5.74) is 5.23. The van der Waals surface area contributed by atoms with Crippen LogP contribution in [0.1, 0.15) is 55.4 Å². The number of fused-ring (bicyclic) bond motifs is 1. The molecule has 2 aromatic rings. The topological polar surface area (TPSA) is 95.8 Å². The number of carbonyl (C=O) groups is 2. The lowest BCUT2D eigenvalue weighted by atomic mass is 9.79. The molecule has 0 saturated carbocycles. The van der Waals surface area contributed by atoms with Crippen molar-refractivity contribution < 1.29 is 14.5 Å². The molecule has 1 atom stereocenters. The first-order chi connectivity index (χ1) is 15.5. The van der Waals surface area contributed by atoms with Crippen molar-refractivity contribution in [2.24, 2.45) is 0 Å². The average molecular weight is 449 g/mol. The molecular weight excluding hydrogens is 420 g/mol. The first kappa shape index (κ1) is 22.5. The van der Waals surface area contributed by atoms with Crippen molar-refractivity contribution in [1.82, 2.24) is 10.2 Å². The van der Waals surface area contributed by atoms with Crippen molar-refractivity contribution in [3.8, 4) is 0 Å². The Hall–Kier alpha value is -3.68. The number of imide groups is 1. The molecule has 172 valence electrons. The Bertz CT molecular complexity index is 1180. The molecule has 8 nitrogen and oxygen atoms in total. The van der Waals surface area contributed by atoms with Crippen molar-refractivity contribution in [2.75, 3.05) is 11.9 Å². The lowest BCUT2D eigenvalue weighted by Gasteiger charge is -2.45. The SMILES string of the molecule is Cc1cc2c(cc1/C=C1/NC(=O)N(Cc3ccc([N+](=O)[O-])cc3)C1=O)C(C)CC(C)(C)N2C. The molecule has 0 radical (unpaired) electrons. The molecule has 3 amide bonds. The third-order valence-electron chi connectivity index (χ3n) is 6.77. The minimum absolute atomic E-state index is 0.0392. The average Bonchev–Trinajstić information content (AvgIpc) is 3.00. The minimum Gasteiger partial charge on any atom is -0.369 e. The Morgan fingerprint density at radius 1 is 1.21 bits per heavy atom. The molecule has 1 saturated heterocycles. The number of nitrogens with one attached hydrogen (secondary N) is 1. The molecule has 1 N–H and O–H groups in total. The van der Waals surface area contributed by atoms with Gasteiger partial charge in [-0.3, -0.25) is 19.8 Å². The van der Waals surface area contributed by atoms with Crippen LogP contribution in [0.3, 0.4) is 0 Å². The van der Waals surface area contributed by atoms with Gasteiger partial charge in [0.1, 0.15) is 5.70 Å². The Morgan fingerprint density at radius 2 is 1.88 bits per heavy atom. The van der Waals surface area contributed by atoms with Gasteiger partial charge in [-0.1, -0.05) is 19.1 Å². The maximum Gasteiger partial charge on any atom is 0.329 e. The summed E-state index contributed by atoms with van der Waals surface area (Å²) < 4.78 is 0. The molecule has 2 heterocycles. The zero-order valence-corrected chi connectivity index (χ0v) is 19.5. The van der Waals surface area contributed by atoms with Crippen LogP contribution in [0.15, 0.2) is 42.1 Å². The summed E-state index contributed by atoms with van der Waals surface area (Å²) in [5, 5.41) is 13.5. The van der Waals surface area contributed by atoms with E-state index < -0.39 is 16.9 Å². The van der Waals surface area contributed by atoms with Gasteiger partial charge in [0.05, 0.1) is 11.5 Å². The zero-order valence-electron chi connectivity index (χ0n) is 19.5. The molecule has 2 aliphatic heterocycles. The number of nitro benzene ring substituents is 1. The van der Waals surface area contributed by atoms with Crippen LogP contribution in [-0.4, -0.2) is 34.3 Å². The first-order valence-corrected chi connectivity index (χ1v) is 10.9. The number of benzene rings is 2. The van der Waals surface area contributed by atoms with Crippen LogP contribution in [0.4, 0.5) is 16.2 Å². The van der Waals surface area contributed by atoms with Crippen molar-refractivity contribution in [3.63, 3.8) is 0 Å². The van der Waals surface area contributed by atoms with E-state index in [1.807, 2.05) is 6.92 Å². The Balaban J connectivity index is 1.60. The molecule has 4 rings (SSSR count). The van der Waals surface area contributed by atoms with Gasteiger partial charge in [-0.05, 0) is 73.6 Å². The fourth-order valence-electron chi connectivity index (χ4n) is 4.67. The second-order valence-electron chi connectivity index (χ2n) is 9.55. The van der Waals surface area contributed by atoms with Crippen molar-refractivity contribution >= 4 is 29.4 Å². The smallest absolute Gasteiger partial charge is 0.329 e. The number of non-ortho nitro benzene ring substituents is 1. The predicted octanol–water partition coefficient (Wildman–Crippen LogP) is 4.72. The molecule has 0 bridgehead atoms. The highest BCUT2D eigenvalue weighted by molar-refractivity contribution is 6.14. The van der Waals surface area contributed by atoms with Crippen LogP contribution >= 0.6 is 0 Å². The van der Waals surface area contributed by atoms with E-state index in [-0.39, 0.29) is 23.5 Å². The second kappa shape index (κ2) is 8.03. The number of aryl methyl sites for hydroxylation is 1. The summed E-state index contributed by atoms with van der Waals surface area (Å²) in [6.45, 7) is 8.74. The number of hydrogen-bond acceptors (Lipinski definition) is 5. The minimum atomic E-state index is -0.505. The molecule has 2 aromatic carbocycles. The van der Waals surface area contributed by atoms with E-state index in [9.17, 15) is 19.7 Å². The number of nitro groups is 1. The van der Waals surface area contributed by atoms with Gasteiger partial charge in [0, 0.05) is 30.4 Å². The summed E-state index contributed by atoms with van der Waals surface area (Å²) in [4.78, 5) is 39.2.